The predicted octanol–water partition coefficient (Wildman–Crippen LogP) is 2.76. The van der Waals surface area contributed by atoms with E-state index in [0.29, 0.717) is 12.3 Å². The van der Waals surface area contributed by atoms with Gasteiger partial charge in [-0.1, -0.05) is 12.1 Å². The summed E-state index contributed by atoms with van der Waals surface area (Å²) in [5.41, 5.74) is 0. The Bertz CT molecular complexity index is 616. The molecule has 2 N–H and O–H groups in total. The van der Waals surface area contributed by atoms with Crippen LogP contribution in [0.3, 0.4) is 0 Å². The van der Waals surface area contributed by atoms with Gasteiger partial charge in [-0.25, -0.2) is 4.79 Å². The van der Waals surface area contributed by atoms with Crippen molar-refractivity contribution in [3.63, 3.8) is 0 Å². The molecule has 2 rings (SSSR count). The van der Waals surface area contributed by atoms with Gasteiger partial charge in [-0.05, 0) is 52.2 Å². The van der Waals surface area contributed by atoms with Crippen molar-refractivity contribution in [1.82, 2.24) is 10.6 Å². The van der Waals surface area contributed by atoms with Crippen molar-refractivity contribution in [2.75, 3.05) is 6.61 Å². The molecule has 0 spiro atoms. The van der Waals surface area contributed by atoms with Crippen LogP contribution in [0.15, 0.2) is 41.8 Å². The topological polar surface area (TPSA) is 67.4 Å². The highest BCUT2D eigenvalue weighted by Gasteiger charge is 2.08. The number of carbonyl (C=O) groups is 2. The van der Waals surface area contributed by atoms with Crippen LogP contribution < -0.4 is 15.4 Å². The fourth-order valence-electron chi connectivity index (χ4n) is 1.49. The second-order valence-electron chi connectivity index (χ2n) is 4.06. The number of urea groups is 1. The first-order chi connectivity index (χ1) is 10.1. The van der Waals surface area contributed by atoms with Gasteiger partial charge < -0.3 is 10.1 Å². The van der Waals surface area contributed by atoms with Crippen LogP contribution in [0.25, 0.3) is 0 Å². The maximum Gasteiger partial charge on any atom is 0.321 e. The number of rotatable bonds is 5. The lowest BCUT2D eigenvalue weighted by Gasteiger charge is -2.07. The molecule has 0 atom stereocenters. The van der Waals surface area contributed by atoms with Crippen molar-refractivity contribution in [3.05, 3.63) is 50.2 Å². The van der Waals surface area contributed by atoms with E-state index in [4.69, 9.17) is 4.74 Å². The number of amides is 3. The van der Waals surface area contributed by atoms with Crippen LogP contribution in [-0.2, 0) is 11.3 Å². The predicted molar refractivity (Wildman–Crippen MR) is 89.4 cm³/mol. The lowest BCUT2D eigenvalue weighted by Crippen LogP contribution is -2.41. The smallest absolute Gasteiger partial charge is 0.321 e. The highest BCUT2D eigenvalue weighted by molar-refractivity contribution is 14.1. The third-order valence-electron chi connectivity index (χ3n) is 2.42. The van der Waals surface area contributed by atoms with Crippen LogP contribution in [0.4, 0.5) is 4.79 Å². The minimum Gasteiger partial charge on any atom is -0.484 e. The van der Waals surface area contributed by atoms with Crippen molar-refractivity contribution in [1.29, 1.82) is 0 Å². The molecular weight excluding hydrogens is 403 g/mol. The molecule has 5 nitrogen and oxygen atoms in total. The van der Waals surface area contributed by atoms with Crippen LogP contribution in [0, 0.1) is 3.57 Å². The van der Waals surface area contributed by atoms with Gasteiger partial charge in [0.2, 0.25) is 0 Å². The molecule has 1 aromatic heterocycles. The fraction of sp³-hybridized carbons (Fsp3) is 0.143. The molecule has 0 radical (unpaired) electrons. The maximum atomic E-state index is 11.6. The van der Waals surface area contributed by atoms with E-state index in [1.807, 2.05) is 35.7 Å². The van der Waals surface area contributed by atoms with E-state index >= 15 is 0 Å². The molecule has 110 valence electrons. The number of nitrogens with one attached hydrogen (secondary N) is 2. The Morgan fingerprint density at radius 1 is 1.24 bits per heavy atom. The van der Waals surface area contributed by atoms with Gasteiger partial charge in [-0.3, -0.25) is 10.1 Å². The Hall–Kier alpha value is -1.61. The zero-order chi connectivity index (χ0) is 15.1. The zero-order valence-electron chi connectivity index (χ0n) is 11.0. The monoisotopic (exact) mass is 416 g/mol. The SMILES string of the molecule is O=C(COc1cccc(I)c1)NC(=O)NCc1cccs1. The normalized spacial score (nSPS) is 9.95. The molecule has 7 heteroatoms. The van der Waals surface area contributed by atoms with Gasteiger partial charge in [-0.15, -0.1) is 11.3 Å². The van der Waals surface area contributed by atoms with Crippen LogP contribution in [0.2, 0.25) is 0 Å². The first kappa shape index (κ1) is 15.8. The summed E-state index contributed by atoms with van der Waals surface area (Å²) in [6.07, 6.45) is 0. The number of hydrogen-bond donors (Lipinski definition) is 2. The van der Waals surface area contributed by atoms with E-state index in [-0.39, 0.29) is 6.61 Å². The van der Waals surface area contributed by atoms with Gasteiger partial charge in [0.15, 0.2) is 6.61 Å². The molecule has 0 saturated carbocycles. The Morgan fingerprint density at radius 3 is 2.81 bits per heavy atom. The van der Waals surface area contributed by atoms with Crippen LogP contribution in [-0.4, -0.2) is 18.5 Å². The summed E-state index contributed by atoms with van der Waals surface area (Å²) in [6, 6.07) is 10.6. The molecule has 0 saturated heterocycles. The van der Waals surface area contributed by atoms with Crippen molar-refractivity contribution >= 4 is 45.9 Å². The standard InChI is InChI=1S/C14H13IN2O3S/c15-10-3-1-4-11(7-10)20-9-13(18)17-14(19)16-8-12-5-2-6-21-12/h1-7H,8-9H2,(H2,16,17,18,19). The van der Waals surface area contributed by atoms with E-state index < -0.39 is 11.9 Å². The lowest BCUT2D eigenvalue weighted by atomic mass is 10.3. The number of imide groups is 1. The third-order valence-corrected chi connectivity index (χ3v) is 3.97. The fourth-order valence-corrected chi connectivity index (χ4v) is 2.65. The molecule has 0 fully saturated rings. The third kappa shape index (κ3) is 5.72. The van der Waals surface area contributed by atoms with Crippen molar-refractivity contribution in [2.24, 2.45) is 0 Å². The molecule has 2 aromatic rings. The van der Waals surface area contributed by atoms with Gasteiger partial charge in [0.25, 0.3) is 5.91 Å². The number of benzene rings is 1. The summed E-state index contributed by atoms with van der Waals surface area (Å²) in [7, 11) is 0. The van der Waals surface area contributed by atoms with Crippen molar-refractivity contribution in [2.45, 2.75) is 6.54 Å². The zero-order valence-corrected chi connectivity index (χ0v) is 13.9. The number of carbonyl (C=O) groups excluding carboxylic acids is 2. The highest BCUT2D eigenvalue weighted by atomic mass is 127. The number of thiophene rings is 1. The van der Waals surface area contributed by atoms with Gasteiger partial charge in [-0.2, -0.15) is 0 Å². The number of halogens is 1. The molecule has 1 heterocycles. The average molecular weight is 416 g/mol. The summed E-state index contributed by atoms with van der Waals surface area (Å²) < 4.78 is 6.32. The number of ether oxygens (including phenoxy) is 1. The minimum absolute atomic E-state index is 0.202. The Labute approximate surface area is 139 Å². The second-order valence-corrected chi connectivity index (χ2v) is 6.33. The Morgan fingerprint density at radius 2 is 2.10 bits per heavy atom. The summed E-state index contributed by atoms with van der Waals surface area (Å²) in [4.78, 5) is 24.1. The Balaban J connectivity index is 1.70. The van der Waals surface area contributed by atoms with Gasteiger partial charge in [0.05, 0.1) is 6.54 Å². The molecule has 0 bridgehead atoms. The molecule has 0 aliphatic rings. The first-order valence-electron chi connectivity index (χ1n) is 6.12. The minimum atomic E-state index is -0.528. The van der Waals surface area contributed by atoms with E-state index in [9.17, 15) is 9.59 Å². The summed E-state index contributed by atoms with van der Waals surface area (Å²) in [5, 5.41) is 6.75. The second kappa shape index (κ2) is 7.99. The van der Waals surface area contributed by atoms with Crippen LogP contribution in [0.5, 0.6) is 5.75 Å². The van der Waals surface area contributed by atoms with Gasteiger partial charge in [0.1, 0.15) is 5.75 Å². The molecule has 0 aliphatic heterocycles. The van der Waals surface area contributed by atoms with E-state index in [0.717, 1.165) is 8.45 Å². The Kier molecular flexibility index (Phi) is 6.00. The summed E-state index contributed by atoms with van der Waals surface area (Å²) in [5.74, 6) is 0.105. The van der Waals surface area contributed by atoms with E-state index in [2.05, 4.69) is 33.2 Å². The van der Waals surface area contributed by atoms with E-state index in [1.54, 1.807) is 6.07 Å². The van der Waals surface area contributed by atoms with Gasteiger partial charge >= 0.3 is 6.03 Å². The molecule has 0 aliphatic carbocycles. The molecule has 1 aromatic carbocycles. The molecule has 0 unspecified atom stereocenters. The number of hydrogen-bond acceptors (Lipinski definition) is 4. The lowest BCUT2D eigenvalue weighted by molar-refractivity contribution is -0.122. The summed E-state index contributed by atoms with van der Waals surface area (Å²) in [6.45, 7) is 0.195. The van der Waals surface area contributed by atoms with Gasteiger partial charge in [0, 0.05) is 8.45 Å². The largest absolute Gasteiger partial charge is 0.484 e. The molecule has 3 amide bonds. The van der Waals surface area contributed by atoms with Crippen molar-refractivity contribution < 1.29 is 14.3 Å². The first-order valence-corrected chi connectivity index (χ1v) is 8.08. The van der Waals surface area contributed by atoms with Crippen LogP contribution in [0.1, 0.15) is 4.88 Å². The van der Waals surface area contributed by atoms with Crippen LogP contribution >= 0.6 is 33.9 Å². The van der Waals surface area contributed by atoms with E-state index in [1.165, 1.54) is 11.3 Å². The quantitative estimate of drug-likeness (QED) is 0.737. The molecular formula is C14H13IN2O3S. The highest BCUT2D eigenvalue weighted by Crippen LogP contribution is 2.14. The summed E-state index contributed by atoms with van der Waals surface area (Å²) >= 11 is 3.69. The average Bonchev–Trinajstić information content (AvgIpc) is 2.96. The molecule has 21 heavy (non-hydrogen) atoms. The maximum absolute atomic E-state index is 11.6. The van der Waals surface area contributed by atoms with Crippen molar-refractivity contribution in [3.8, 4) is 5.75 Å².